The first kappa shape index (κ1) is 27.1. The lowest BCUT2D eigenvalue weighted by molar-refractivity contribution is 0.173. The molecule has 0 unspecified atom stereocenters. The number of hydrogen-bond donors (Lipinski definition) is 2. The lowest BCUT2D eigenvalue weighted by Crippen LogP contribution is -2.41. The number of aliphatic imine (C=N–C) groups is 1. The molecule has 0 aliphatic heterocycles. The minimum atomic E-state index is -3.22. The second-order valence-corrected chi connectivity index (χ2v) is 9.30. The van der Waals surface area contributed by atoms with Crippen LogP contribution in [0.1, 0.15) is 40.5 Å². The minimum Gasteiger partial charge on any atom is -0.356 e. The van der Waals surface area contributed by atoms with Gasteiger partial charge in [-0.3, -0.25) is 9.89 Å². The Balaban J connectivity index is 0.00000729. The molecule has 0 amide bonds. The Morgan fingerprint density at radius 2 is 1.54 bits per heavy atom. The maximum atomic E-state index is 12.3. The molecular formula is C20H37IN4O2S. The Hall–Kier alpha value is -0.870. The van der Waals surface area contributed by atoms with Crippen molar-refractivity contribution in [1.82, 2.24) is 15.5 Å². The zero-order chi connectivity index (χ0) is 20.3. The molecule has 0 saturated heterocycles. The molecule has 1 aromatic carbocycles. The van der Waals surface area contributed by atoms with E-state index in [0.717, 1.165) is 19.5 Å². The van der Waals surface area contributed by atoms with Crippen molar-refractivity contribution < 1.29 is 8.42 Å². The molecule has 0 heterocycles. The molecule has 162 valence electrons. The number of nitrogens with zero attached hydrogens (tertiary/aromatic N) is 2. The fourth-order valence-corrected chi connectivity index (χ4v) is 4.35. The van der Waals surface area contributed by atoms with E-state index in [4.69, 9.17) is 0 Å². The van der Waals surface area contributed by atoms with Crippen molar-refractivity contribution in [3.8, 4) is 0 Å². The molecule has 0 aliphatic carbocycles. The molecule has 8 heteroatoms. The summed E-state index contributed by atoms with van der Waals surface area (Å²) in [5.74, 6) is 0.839. The van der Waals surface area contributed by atoms with Crippen molar-refractivity contribution in [2.45, 2.75) is 57.5 Å². The molecule has 0 spiro atoms. The highest BCUT2D eigenvalue weighted by Crippen LogP contribution is 2.10. The largest absolute Gasteiger partial charge is 0.356 e. The third kappa shape index (κ3) is 10.1. The van der Waals surface area contributed by atoms with Gasteiger partial charge in [-0.15, -0.1) is 24.0 Å². The lowest BCUT2D eigenvalue weighted by atomic mass is 10.2. The first-order valence-corrected chi connectivity index (χ1v) is 11.4. The number of benzene rings is 1. The Morgan fingerprint density at radius 3 is 2.04 bits per heavy atom. The Bertz CT molecular complexity index is 656. The van der Waals surface area contributed by atoms with Crippen molar-refractivity contribution in [2.75, 3.05) is 32.4 Å². The third-order valence-corrected chi connectivity index (χ3v) is 6.24. The maximum absolute atomic E-state index is 12.3. The summed E-state index contributed by atoms with van der Waals surface area (Å²) in [4.78, 5) is 7.04. The normalized spacial score (nSPS) is 12.4. The number of guanidine groups is 1. The topological polar surface area (TPSA) is 73.8 Å². The summed E-state index contributed by atoms with van der Waals surface area (Å²) in [6, 6.07) is 9.66. The van der Waals surface area contributed by atoms with Crippen LogP contribution < -0.4 is 10.6 Å². The molecule has 2 N–H and O–H groups in total. The molecule has 0 fully saturated rings. The Labute approximate surface area is 188 Å². The summed E-state index contributed by atoms with van der Waals surface area (Å²) < 4.78 is 24.5. The fourth-order valence-electron chi connectivity index (χ4n) is 3.02. The number of rotatable bonds is 11. The van der Waals surface area contributed by atoms with Crippen LogP contribution in [0.25, 0.3) is 0 Å². The number of hydrogen-bond acceptors (Lipinski definition) is 4. The van der Waals surface area contributed by atoms with Gasteiger partial charge >= 0.3 is 0 Å². The van der Waals surface area contributed by atoms with Crippen LogP contribution in [0.4, 0.5) is 0 Å². The summed E-state index contributed by atoms with van der Waals surface area (Å²) in [6.07, 6.45) is 1.56. The lowest BCUT2D eigenvalue weighted by Gasteiger charge is -2.30. The summed E-state index contributed by atoms with van der Waals surface area (Å²) in [5.41, 5.74) is 0. The quantitative estimate of drug-likeness (QED) is 0.202. The van der Waals surface area contributed by atoms with E-state index in [1.54, 1.807) is 31.3 Å². The van der Waals surface area contributed by atoms with Crippen molar-refractivity contribution in [2.24, 2.45) is 4.99 Å². The average Bonchev–Trinajstić information content (AvgIpc) is 2.63. The molecule has 28 heavy (non-hydrogen) atoms. The zero-order valence-corrected chi connectivity index (χ0v) is 21.0. The van der Waals surface area contributed by atoms with Gasteiger partial charge in [-0.05, 0) is 52.7 Å². The van der Waals surface area contributed by atoms with Gasteiger partial charge in [-0.25, -0.2) is 8.42 Å². The van der Waals surface area contributed by atoms with E-state index in [2.05, 4.69) is 48.2 Å². The molecule has 0 saturated carbocycles. The SMILES string of the molecule is CN=C(NCCCN(C(C)C)C(C)C)NCCCS(=O)(=O)c1ccccc1.I. The minimum absolute atomic E-state index is 0. The zero-order valence-electron chi connectivity index (χ0n) is 17.8. The van der Waals surface area contributed by atoms with Crippen molar-refractivity contribution in [1.29, 1.82) is 0 Å². The molecular weight excluding hydrogens is 487 g/mol. The van der Waals surface area contributed by atoms with Crippen LogP contribution in [0.5, 0.6) is 0 Å². The highest BCUT2D eigenvalue weighted by atomic mass is 127. The van der Waals surface area contributed by atoms with E-state index in [0.29, 0.717) is 35.9 Å². The predicted octanol–water partition coefficient (Wildman–Crippen LogP) is 3.14. The molecule has 0 aromatic heterocycles. The van der Waals surface area contributed by atoms with Crippen LogP contribution in [-0.2, 0) is 9.84 Å². The summed E-state index contributed by atoms with van der Waals surface area (Å²) in [6.45, 7) is 11.3. The first-order chi connectivity index (χ1) is 12.8. The predicted molar refractivity (Wildman–Crippen MR) is 129 cm³/mol. The van der Waals surface area contributed by atoms with E-state index < -0.39 is 9.84 Å². The molecule has 1 rings (SSSR count). The Morgan fingerprint density at radius 1 is 1.00 bits per heavy atom. The number of halogens is 1. The smallest absolute Gasteiger partial charge is 0.190 e. The highest BCUT2D eigenvalue weighted by Gasteiger charge is 2.14. The van der Waals surface area contributed by atoms with Gasteiger partial charge in [0, 0.05) is 38.8 Å². The van der Waals surface area contributed by atoms with Crippen LogP contribution in [0.15, 0.2) is 40.2 Å². The van der Waals surface area contributed by atoms with E-state index in [1.807, 2.05) is 6.07 Å². The van der Waals surface area contributed by atoms with E-state index in [-0.39, 0.29) is 29.7 Å². The standard InChI is InChI=1S/C20H36N4O2S.HI/c1-17(2)24(18(3)4)15-9-13-22-20(21-5)23-14-10-16-27(25,26)19-11-7-6-8-12-19;/h6-8,11-12,17-18H,9-10,13-16H2,1-5H3,(H2,21,22,23);1H. The maximum Gasteiger partial charge on any atom is 0.190 e. The van der Waals surface area contributed by atoms with Gasteiger partial charge in [0.2, 0.25) is 0 Å². The van der Waals surface area contributed by atoms with Gasteiger partial charge in [0.15, 0.2) is 15.8 Å². The fraction of sp³-hybridized carbons (Fsp3) is 0.650. The summed E-state index contributed by atoms with van der Waals surface area (Å²) in [7, 11) is -1.49. The van der Waals surface area contributed by atoms with Gasteiger partial charge in [0.1, 0.15) is 0 Å². The molecule has 6 nitrogen and oxygen atoms in total. The van der Waals surface area contributed by atoms with Crippen molar-refractivity contribution >= 4 is 39.8 Å². The van der Waals surface area contributed by atoms with Crippen molar-refractivity contribution in [3.63, 3.8) is 0 Å². The monoisotopic (exact) mass is 524 g/mol. The number of nitrogens with one attached hydrogen (secondary N) is 2. The molecule has 0 atom stereocenters. The van der Waals surface area contributed by atoms with Crippen LogP contribution in [0.2, 0.25) is 0 Å². The van der Waals surface area contributed by atoms with Gasteiger partial charge < -0.3 is 10.6 Å². The van der Waals surface area contributed by atoms with Crippen LogP contribution >= 0.6 is 24.0 Å². The van der Waals surface area contributed by atoms with Gasteiger partial charge in [-0.2, -0.15) is 0 Å². The summed E-state index contributed by atoms with van der Waals surface area (Å²) >= 11 is 0. The highest BCUT2D eigenvalue weighted by molar-refractivity contribution is 14.0. The molecule has 0 aliphatic rings. The third-order valence-electron chi connectivity index (χ3n) is 4.42. The van der Waals surface area contributed by atoms with Crippen LogP contribution in [-0.4, -0.2) is 63.8 Å². The van der Waals surface area contributed by atoms with E-state index >= 15 is 0 Å². The average molecular weight is 525 g/mol. The van der Waals surface area contributed by atoms with Crippen LogP contribution in [0.3, 0.4) is 0 Å². The van der Waals surface area contributed by atoms with Gasteiger partial charge in [0.25, 0.3) is 0 Å². The van der Waals surface area contributed by atoms with Gasteiger partial charge in [0.05, 0.1) is 10.6 Å². The summed E-state index contributed by atoms with van der Waals surface area (Å²) in [5, 5.41) is 6.48. The van der Waals surface area contributed by atoms with Crippen molar-refractivity contribution in [3.05, 3.63) is 30.3 Å². The molecule has 0 bridgehead atoms. The van der Waals surface area contributed by atoms with Crippen LogP contribution in [0, 0.1) is 0 Å². The second-order valence-electron chi connectivity index (χ2n) is 7.19. The number of sulfone groups is 1. The molecule has 0 radical (unpaired) electrons. The van der Waals surface area contributed by atoms with Gasteiger partial charge in [-0.1, -0.05) is 18.2 Å². The van der Waals surface area contributed by atoms with E-state index in [1.165, 1.54) is 0 Å². The van der Waals surface area contributed by atoms with E-state index in [9.17, 15) is 8.42 Å². The first-order valence-electron chi connectivity index (χ1n) is 9.76. The Kier molecular flexibility index (Phi) is 13.7. The second kappa shape index (κ2) is 14.2. The molecule has 1 aromatic rings.